The molecule has 1 aliphatic carbocycles. The summed E-state index contributed by atoms with van der Waals surface area (Å²) in [6.45, 7) is 3.05. The van der Waals surface area contributed by atoms with Gasteiger partial charge >= 0.3 is 0 Å². The summed E-state index contributed by atoms with van der Waals surface area (Å²) in [6.07, 6.45) is 6.52. The molecule has 0 spiro atoms. The van der Waals surface area contributed by atoms with E-state index >= 15 is 0 Å². The second kappa shape index (κ2) is 3.23. The Morgan fingerprint density at radius 2 is 2.33 bits per heavy atom. The first-order valence-corrected chi connectivity index (χ1v) is 4.48. The SMILES string of the molecule is Cc1cncc(CNC2CC2)c1. The fourth-order valence-corrected chi connectivity index (χ4v) is 1.26. The van der Waals surface area contributed by atoms with Crippen molar-refractivity contribution in [1.82, 2.24) is 10.3 Å². The minimum atomic E-state index is 0.783. The quantitative estimate of drug-likeness (QED) is 0.731. The van der Waals surface area contributed by atoms with E-state index in [2.05, 4.69) is 23.3 Å². The van der Waals surface area contributed by atoms with Gasteiger partial charge in [-0.15, -0.1) is 0 Å². The van der Waals surface area contributed by atoms with E-state index in [1.165, 1.54) is 24.0 Å². The zero-order valence-corrected chi connectivity index (χ0v) is 7.38. The summed E-state index contributed by atoms with van der Waals surface area (Å²) in [7, 11) is 0. The van der Waals surface area contributed by atoms with E-state index in [4.69, 9.17) is 0 Å². The lowest BCUT2D eigenvalue weighted by molar-refractivity contribution is 0.685. The van der Waals surface area contributed by atoms with Crippen molar-refractivity contribution in [1.29, 1.82) is 0 Å². The molecule has 1 heterocycles. The Labute approximate surface area is 73.0 Å². The average molecular weight is 162 g/mol. The molecule has 1 aromatic heterocycles. The lowest BCUT2D eigenvalue weighted by Gasteiger charge is -2.02. The van der Waals surface area contributed by atoms with Gasteiger partial charge in [0.15, 0.2) is 0 Å². The molecule has 1 N–H and O–H groups in total. The third-order valence-corrected chi connectivity index (χ3v) is 2.10. The highest BCUT2D eigenvalue weighted by Crippen LogP contribution is 2.19. The van der Waals surface area contributed by atoms with Gasteiger partial charge in [0.25, 0.3) is 0 Å². The second-order valence-electron chi connectivity index (χ2n) is 3.53. The Morgan fingerprint density at radius 3 is 3.00 bits per heavy atom. The summed E-state index contributed by atoms with van der Waals surface area (Å²) < 4.78 is 0. The second-order valence-corrected chi connectivity index (χ2v) is 3.53. The van der Waals surface area contributed by atoms with Crippen LogP contribution in [0.2, 0.25) is 0 Å². The Bertz CT molecular complexity index is 266. The molecule has 1 fully saturated rings. The number of aromatic nitrogens is 1. The molecule has 0 atom stereocenters. The first kappa shape index (κ1) is 7.74. The van der Waals surface area contributed by atoms with Crippen molar-refractivity contribution in [3.8, 4) is 0 Å². The van der Waals surface area contributed by atoms with Crippen LogP contribution in [-0.2, 0) is 6.54 Å². The van der Waals surface area contributed by atoms with Gasteiger partial charge in [-0.2, -0.15) is 0 Å². The van der Waals surface area contributed by atoms with Crippen LogP contribution in [0.15, 0.2) is 18.5 Å². The summed E-state index contributed by atoms with van der Waals surface area (Å²) in [5, 5.41) is 3.46. The molecule has 1 saturated carbocycles. The van der Waals surface area contributed by atoms with E-state index in [1.54, 1.807) is 0 Å². The molecule has 0 aromatic carbocycles. The van der Waals surface area contributed by atoms with Gasteiger partial charge in [-0.05, 0) is 30.9 Å². The highest BCUT2D eigenvalue weighted by Gasteiger charge is 2.19. The zero-order valence-electron chi connectivity index (χ0n) is 7.38. The lowest BCUT2D eigenvalue weighted by Crippen LogP contribution is -2.15. The van der Waals surface area contributed by atoms with E-state index in [0.29, 0.717) is 0 Å². The summed E-state index contributed by atoms with van der Waals surface area (Å²) in [6, 6.07) is 2.97. The van der Waals surface area contributed by atoms with Crippen LogP contribution in [0.25, 0.3) is 0 Å². The van der Waals surface area contributed by atoms with E-state index in [-0.39, 0.29) is 0 Å². The highest BCUT2D eigenvalue weighted by atomic mass is 14.9. The number of pyridine rings is 1. The average Bonchev–Trinajstić information content (AvgIpc) is 2.84. The van der Waals surface area contributed by atoms with Gasteiger partial charge in [-0.1, -0.05) is 6.07 Å². The van der Waals surface area contributed by atoms with E-state index in [9.17, 15) is 0 Å². The predicted molar refractivity (Wildman–Crippen MR) is 48.8 cm³/mol. The van der Waals surface area contributed by atoms with Crippen LogP contribution in [-0.4, -0.2) is 11.0 Å². The van der Waals surface area contributed by atoms with Crippen LogP contribution in [0, 0.1) is 6.92 Å². The van der Waals surface area contributed by atoms with E-state index in [1.807, 2.05) is 12.4 Å². The van der Waals surface area contributed by atoms with Gasteiger partial charge in [0, 0.05) is 25.0 Å². The molecule has 0 bridgehead atoms. The molecule has 1 aliphatic rings. The van der Waals surface area contributed by atoms with Gasteiger partial charge in [0.05, 0.1) is 0 Å². The standard InChI is InChI=1S/C10H14N2/c1-8-4-9(6-11-5-8)7-12-10-2-3-10/h4-6,10,12H,2-3,7H2,1H3. The molecule has 12 heavy (non-hydrogen) atoms. The van der Waals surface area contributed by atoms with Crippen LogP contribution in [0.3, 0.4) is 0 Å². The summed E-state index contributed by atoms with van der Waals surface area (Å²) in [5.74, 6) is 0. The topological polar surface area (TPSA) is 24.9 Å². The van der Waals surface area contributed by atoms with Crippen molar-refractivity contribution in [2.75, 3.05) is 0 Å². The third-order valence-electron chi connectivity index (χ3n) is 2.10. The van der Waals surface area contributed by atoms with Crippen molar-refractivity contribution in [3.05, 3.63) is 29.6 Å². The van der Waals surface area contributed by atoms with Gasteiger partial charge in [0.1, 0.15) is 0 Å². The molecule has 0 unspecified atom stereocenters. The fraction of sp³-hybridized carbons (Fsp3) is 0.500. The molecule has 0 amide bonds. The van der Waals surface area contributed by atoms with Crippen molar-refractivity contribution >= 4 is 0 Å². The monoisotopic (exact) mass is 162 g/mol. The maximum absolute atomic E-state index is 4.14. The van der Waals surface area contributed by atoms with Crippen LogP contribution in [0.5, 0.6) is 0 Å². The van der Waals surface area contributed by atoms with Crippen molar-refractivity contribution in [2.24, 2.45) is 0 Å². The smallest absolute Gasteiger partial charge is 0.0313 e. The third kappa shape index (κ3) is 2.05. The molecule has 0 saturated heterocycles. The van der Waals surface area contributed by atoms with Crippen LogP contribution < -0.4 is 5.32 Å². The minimum absolute atomic E-state index is 0.783. The number of nitrogens with one attached hydrogen (secondary N) is 1. The molecular formula is C10H14N2. The zero-order chi connectivity index (χ0) is 8.39. The Hall–Kier alpha value is -0.890. The Balaban J connectivity index is 1.92. The van der Waals surface area contributed by atoms with Crippen LogP contribution in [0.1, 0.15) is 24.0 Å². The van der Waals surface area contributed by atoms with Gasteiger partial charge in [0.2, 0.25) is 0 Å². The largest absolute Gasteiger partial charge is 0.310 e. The lowest BCUT2D eigenvalue weighted by atomic mass is 10.2. The van der Waals surface area contributed by atoms with Gasteiger partial charge < -0.3 is 5.32 Å². The van der Waals surface area contributed by atoms with Crippen molar-refractivity contribution in [3.63, 3.8) is 0 Å². The normalized spacial score (nSPS) is 16.4. The number of nitrogens with zero attached hydrogens (tertiary/aromatic N) is 1. The minimum Gasteiger partial charge on any atom is -0.310 e. The maximum atomic E-state index is 4.14. The first-order valence-electron chi connectivity index (χ1n) is 4.48. The van der Waals surface area contributed by atoms with Crippen molar-refractivity contribution in [2.45, 2.75) is 32.4 Å². The number of hydrogen-bond acceptors (Lipinski definition) is 2. The number of aryl methyl sites for hydroxylation is 1. The molecule has 0 radical (unpaired) electrons. The Morgan fingerprint density at radius 1 is 1.50 bits per heavy atom. The van der Waals surface area contributed by atoms with E-state index in [0.717, 1.165) is 12.6 Å². The molecule has 2 rings (SSSR count). The highest BCUT2D eigenvalue weighted by molar-refractivity contribution is 5.16. The maximum Gasteiger partial charge on any atom is 0.0313 e. The molecule has 2 heteroatoms. The molecule has 64 valence electrons. The molecule has 2 nitrogen and oxygen atoms in total. The first-order chi connectivity index (χ1) is 5.84. The van der Waals surface area contributed by atoms with Gasteiger partial charge in [-0.25, -0.2) is 0 Å². The van der Waals surface area contributed by atoms with Crippen molar-refractivity contribution < 1.29 is 0 Å². The summed E-state index contributed by atoms with van der Waals surface area (Å²) in [4.78, 5) is 4.14. The summed E-state index contributed by atoms with van der Waals surface area (Å²) >= 11 is 0. The number of hydrogen-bond donors (Lipinski definition) is 1. The molecular weight excluding hydrogens is 148 g/mol. The molecule has 1 aromatic rings. The number of rotatable bonds is 3. The predicted octanol–water partition coefficient (Wildman–Crippen LogP) is 1.64. The fourth-order valence-electron chi connectivity index (χ4n) is 1.26. The van der Waals surface area contributed by atoms with Crippen LogP contribution >= 0.6 is 0 Å². The van der Waals surface area contributed by atoms with E-state index < -0.39 is 0 Å². The van der Waals surface area contributed by atoms with Crippen LogP contribution in [0.4, 0.5) is 0 Å². The molecule has 0 aliphatic heterocycles. The Kier molecular flexibility index (Phi) is 2.09. The summed E-state index contributed by atoms with van der Waals surface area (Å²) in [5.41, 5.74) is 2.53. The van der Waals surface area contributed by atoms with Gasteiger partial charge in [-0.3, -0.25) is 4.98 Å².